The Kier molecular flexibility index (Phi) is 4.25. The molecule has 0 bridgehead atoms. The highest BCUT2D eigenvalue weighted by Gasteiger charge is 2.23. The normalized spacial score (nSPS) is 13.5. The molecule has 114 valence electrons. The van der Waals surface area contributed by atoms with Gasteiger partial charge in [0.1, 0.15) is 17.4 Å². The lowest BCUT2D eigenvalue weighted by Crippen LogP contribution is -2.25. The number of amides is 1. The zero-order valence-electron chi connectivity index (χ0n) is 11.7. The molecule has 0 radical (unpaired) electrons. The van der Waals surface area contributed by atoms with Gasteiger partial charge in [0.05, 0.1) is 10.4 Å². The fourth-order valence-electron chi connectivity index (χ4n) is 2.26. The average Bonchev–Trinajstić information content (AvgIpc) is 2.74. The van der Waals surface area contributed by atoms with E-state index in [1.54, 1.807) is 23.6 Å². The summed E-state index contributed by atoms with van der Waals surface area (Å²) in [7, 11) is -3.42. The van der Waals surface area contributed by atoms with Crippen LogP contribution in [-0.4, -0.2) is 36.0 Å². The topological polar surface area (TPSA) is 95.1 Å². The van der Waals surface area contributed by atoms with Gasteiger partial charge in [-0.3, -0.25) is 4.79 Å². The zero-order valence-corrected chi connectivity index (χ0v) is 13.3. The summed E-state index contributed by atoms with van der Waals surface area (Å²) in [5, 5.41) is 0. The summed E-state index contributed by atoms with van der Waals surface area (Å²) in [6.45, 7) is 1.65. The van der Waals surface area contributed by atoms with E-state index >= 15 is 0 Å². The molecule has 2 rings (SSSR count). The summed E-state index contributed by atoms with van der Waals surface area (Å²) < 4.78 is 25.4. The van der Waals surface area contributed by atoms with Crippen LogP contribution in [0.2, 0.25) is 0 Å². The molecule has 0 saturated heterocycles. The minimum atomic E-state index is -3.42. The number of aryl methyl sites for hydroxylation is 1. The maximum Gasteiger partial charge on any atom is 0.240 e. The van der Waals surface area contributed by atoms with Crippen LogP contribution in [0.25, 0.3) is 11.0 Å². The van der Waals surface area contributed by atoms with E-state index in [9.17, 15) is 13.2 Å². The van der Waals surface area contributed by atoms with Crippen molar-refractivity contribution in [2.75, 3.05) is 12.1 Å². The number of nitrogens with zero attached hydrogens (tertiary/aromatic N) is 2. The van der Waals surface area contributed by atoms with Crippen molar-refractivity contribution in [2.45, 2.75) is 24.3 Å². The predicted octanol–water partition coefficient (Wildman–Crippen LogP) is 1.27. The van der Waals surface area contributed by atoms with E-state index in [1.807, 2.05) is 0 Å². The highest BCUT2D eigenvalue weighted by Crippen LogP contribution is 2.27. The van der Waals surface area contributed by atoms with Gasteiger partial charge >= 0.3 is 0 Å². The summed E-state index contributed by atoms with van der Waals surface area (Å²) in [5.41, 5.74) is 6.27. The second-order valence-electron chi connectivity index (χ2n) is 4.81. The number of hydrogen-bond acceptors (Lipinski definition) is 4. The highest BCUT2D eigenvalue weighted by atomic mass is 35.5. The van der Waals surface area contributed by atoms with Crippen LogP contribution in [0.5, 0.6) is 0 Å². The van der Waals surface area contributed by atoms with Crippen LogP contribution >= 0.6 is 11.6 Å². The smallest absolute Gasteiger partial charge is 0.240 e. The number of para-hydroxylation sites is 1. The fraction of sp³-hybridized carbons (Fsp3) is 0.385. The Morgan fingerprint density at radius 1 is 1.48 bits per heavy atom. The molecular weight excluding hydrogens is 314 g/mol. The molecule has 21 heavy (non-hydrogen) atoms. The van der Waals surface area contributed by atoms with E-state index in [0.717, 1.165) is 6.26 Å². The highest BCUT2D eigenvalue weighted by molar-refractivity contribution is 7.91. The van der Waals surface area contributed by atoms with Gasteiger partial charge in [-0.15, -0.1) is 11.6 Å². The molecule has 1 unspecified atom stereocenters. The molecule has 1 heterocycles. The van der Waals surface area contributed by atoms with Crippen LogP contribution in [0.15, 0.2) is 23.1 Å². The molecule has 0 aliphatic rings. The van der Waals surface area contributed by atoms with Crippen molar-refractivity contribution in [3.05, 3.63) is 24.0 Å². The van der Waals surface area contributed by atoms with Crippen LogP contribution in [0.3, 0.4) is 0 Å². The van der Waals surface area contributed by atoms with Crippen LogP contribution in [0.4, 0.5) is 0 Å². The molecular formula is C13H16ClN3O3S. The summed E-state index contributed by atoms with van der Waals surface area (Å²) in [6.07, 6.45) is 1.54. The van der Waals surface area contributed by atoms with Gasteiger partial charge in [0, 0.05) is 18.6 Å². The van der Waals surface area contributed by atoms with Gasteiger partial charge in [0.15, 0.2) is 9.84 Å². The molecule has 0 spiro atoms. The maximum absolute atomic E-state index is 11.9. The molecule has 2 aromatic rings. The van der Waals surface area contributed by atoms with Gasteiger partial charge in [-0.1, -0.05) is 6.07 Å². The maximum atomic E-state index is 11.9. The number of sulfone groups is 1. The number of nitrogens with two attached hydrogens (primary N) is 1. The van der Waals surface area contributed by atoms with E-state index in [2.05, 4.69) is 4.98 Å². The number of hydrogen-bond donors (Lipinski definition) is 1. The zero-order chi connectivity index (χ0) is 15.8. The van der Waals surface area contributed by atoms with Crippen molar-refractivity contribution in [2.24, 2.45) is 5.73 Å². The molecule has 0 aliphatic carbocycles. The number of alkyl halides is 1. The predicted molar refractivity (Wildman–Crippen MR) is 81.2 cm³/mol. The minimum Gasteiger partial charge on any atom is -0.368 e. The summed E-state index contributed by atoms with van der Waals surface area (Å²) >= 11 is 5.76. The lowest BCUT2D eigenvalue weighted by molar-refractivity contribution is -0.120. The largest absolute Gasteiger partial charge is 0.368 e. The van der Waals surface area contributed by atoms with E-state index in [0.29, 0.717) is 29.2 Å². The minimum absolute atomic E-state index is 0.131. The van der Waals surface area contributed by atoms with Gasteiger partial charge in [-0.25, -0.2) is 13.4 Å². The van der Waals surface area contributed by atoms with Crippen LogP contribution < -0.4 is 5.73 Å². The van der Waals surface area contributed by atoms with Crippen molar-refractivity contribution >= 4 is 38.4 Å². The average molecular weight is 330 g/mol. The molecule has 2 N–H and O–H groups in total. The third kappa shape index (κ3) is 2.89. The van der Waals surface area contributed by atoms with Gasteiger partial charge < -0.3 is 10.3 Å². The van der Waals surface area contributed by atoms with E-state index in [4.69, 9.17) is 17.3 Å². The molecule has 0 fully saturated rings. The van der Waals surface area contributed by atoms with E-state index in [-0.39, 0.29) is 4.90 Å². The standard InChI is InChI=1S/C13H16ClN3O3S/c1-8(13(15)18)17-9-4-3-5-10(21(2,19)20)12(9)16-11(17)6-7-14/h3-5,8H,6-7H2,1-2H3,(H2,15,18). The monoisotopic (exact) mass is 329 g/mol. The molecule has 6 nitrogen and oxygen atoms in total. The Hall–Kier alpha value is -1.60. The summed E-state index contributed by atoms with van der Waals surface area (Å²) in [4.78, 5) is 16.0. The Morgan fingerprint density at radius 2 is 2.14 bits per heavy atom. The van der Waals surface area contributed by atoms with Gasteiger partial charge in [0.25, 0.3) is 0 Å². The molecule has 0 aliphatic heterocycles. The van der Waals surface area contributed by atoms with Crippen LogP contribution in [-0.2, 0) is 21.1 Å². The number of primary amides is 1. The van der Waals surface area contributed by atoms with Crippen molar-refractivity contribution in [1.29, 1.82) is 0 Å². The third-order valence-corrected chi connectivity index (χ3v) is 4.59. The number of halogens is 1. The fourth-order valence-corrected chi connectivity index (χ4v) is 3.26. The Balaban J connectivity index is 2.83. The van der Waals surface area contributed by atoms with Crippen molar-refractivity contribution in [1.82, 2.24) is 9.55 Å². The Labute approximate surface area is 127 Å². The quantitative estimate of drug-likeness (QED) is 0.835. The number of imidazole rings is 1. The Morgan fingerprint density at radius 3 is 2.67 bits per heavy atom. The second kappa shape index (κ2) is 5.65. The number of carbonyl (C=O) groups excluding carboxylic acids is 1. The third-order valence-electron chi connectivity index (χ3n) is 3.27. The number of aromatic nitrogens is 2. The van der Waals surface area contributed by atoms with Crippen LogP contribution in [0, 0.1) is 0 Å². The van der Waals surface area contributed by atoms with Crippen molar-refractivity contribution < 1.29 is 13.2 Å². The van der Waals surface area contributed by atoms with Gasteiger partial charge in [-0.05, 0) is 19.1 Å². The van der Waals surface area contributed by atoms with Crippen molar-refractivity contribution in [3.63, 3.8) is 0 Å². The molecule has 1 aromatic carbocycles. The summed E-state index contributed by atoms with van der Waals surface area (Å²) in [6, 6.07) is 4.19. The first-order valence-electron chi connectivity index (χ1n) is 6.32. The number of rotatable bonds is 5. The summed E-state index contributed by atoms with van der Waals surface area (Å²) in [5.74, 6) is 0.334. The number of carbonyl (C=O) groups is 1. The SMILES string of the molecule is CC(C(N)=O)n1c(CCCl)nc2c(S(C)(=O)=O)cccc21. The van der Waals surface area contributed by atoms with E-state index in [1.165, 1.54) is 6.07 Å². The molecule has 1 atom stereocenters. The van der Waals surface area contributed by atoms with Crippen LogP contribution in [0.1, 0.15) is 18.8 Å². The first-order valence-corrected chi connectivity index (χ1v) is 8.75. The molecule has 8 heteroatoms. The number of benzene rings is 1. The van der Waals surface area contributed by atoms with E-state index < -0.39 is 21.8 Å². The second-order valence-corrected chi connectivity index (χ2v) is 7.17. The molecule has 0 saturated carbocycles. The molecule has 1 aromatic heterocycles. The number of fused-ring (bicyclic) bond motifs is 1. The van der Waals surface area contributed by atoms with Gasteiger partial charge in [0.2, 0.25) is 5.91 Å². The lowest BCUT2D eigenvalue weighted by Gasteiger charge is -2.14. The first-order chi connectivity index (χ1) is 9.77. The lowest BCUT2D eigenvalue weighted by atomic mass is 10.2. The van der Waals surface area contributed by atoms with Crippen molar-refractivity contribution in [3.8, 4) is 0 Å². The Bertz CT molecular complexity index is 798. The molecule has 1 amide bonds. The first kappa shape index (κ1) is 15.8. The van der Waals surface area contributed by atoms with Gasteiger partial charge in [-0.2, -0.15) is 0 Å².